The lowest BCUT2D eigenvalue weighted by atomic mass is 10.0. The lowest BCUT2D eigenvalue weighted by Crippen LogP contribution is -2.45. The molecule has 0 saturated carbocycles. The van der Waals surface area contributed by atoms with Gasteiger partial charge >= 0.3 is 7.82 Å². The van der Waals surface area contributed by atoms with E-state index in [9.17, 15) is 19.4 Å². The van der Waals surface area contributed by atoms with Crippen LogP contribution in [0.4, 0.5) is 0 Å². The molecule has 3 atom stereocenters. The maximum absolute atomic E-state index is 12.9. The summed E-state index contributed by atoms with van der Waals surface area (Å²) in [6.07, 6.45) is 60.4. The number of allylic oxidation sites excluding steroid dienone is 3. The number of carbonyl (C=O) groups excluding carboxylic acids is 1. The normalized spacial score (nSPS) is 14.1. The lowest BCUT2D eigenvalue weighted by Gasteiger charge is -2.25. The van der Waals surface area contributed by atoms with E-state index in [0.29, 0.717) is 17.4 Å². The molecule has 0 aliphatic heterocycles. The van der Waals surface area contributed by atoms with Crippen LogP contribution in [-0.4, -0.2) is 73.4 Å². The Morgan fingerprint density at radius 3 is 1.23 bits per heavy atom. The molecule has 8 nitrogen and oxygen atoms in total. The van der Waals surface area contributed by atoms with E-state index in [1.165, 1.54) is 218 Å². The third-order valence-corrected chi connectivity index (χ3v) is 13.9. The predicted molar refractivity (Wildman–Crippen MR) is 281 cm³/mol. The largest absolute Gasteiger partial charge is 0.472 e. The van der Waals surface area contributed by atoms with Crippen molar-refractivity contribution in [2.45, 2.75) is 289 Å². The zero-order chi connectivity index (χ0) is 47.8. The quantitative estimate of drug-likeness (QED) is 0.0243. The van der Waals surface area contributed by atoms with Crippen molar-refractivity contribution in [1.29, 1.82) is 0 Å². The Kier molecular flexibility index (Phi) is 47.3. The number of amides is 1. The third kappa shape index (κ3) is 50.7. The minimum Gasteiger partial charge on any atom is -0.387 e. The van der Waals surface area contributed by atoms with Crippen LogP contribution in [0.25, 0.3) is 0 Å². The third-order valence-electron chi connectivity index (χ3n) is 12.9. The van der Waals surface area contributed by atoms with Crippen molar-refractivity contribution in [3.05, 3.63) is 24.3 Å². The zero-order valence-electron chi connectivity index (χ0n) is 44.0. The van der Waals surface area contributed by atoms with Crippen molar-refractivity contribution in [2.75, 3.05) is 40.9 Å². The van der Waals surface area contributed by atoms with Gasteiger partial charge in [0, 0.05) is 6.42 Å². The van der Waals surface area contributed by atoms with Crippen molar-refractivity contribution >= 4 is 13.7 Å². The number of nitrogens with one attached hydrogen (secondary N) is 1. The molecule has 0 spiro atoms. The van der Waals surface area contributed by atoms with Crippen LogP contribution < -0.4 is 5.32 Å². The summed E-state index contributed by atoms with van der Waals surface area (Å²) in [6, 6.07) is -0.857. The van der Waals surface area contributed by atoms with E-state index in [1.807, 2.05) is 27.2 Å². The minimum atomic E-state index is -4.34. The lowest BCUT2D eigenvalue weighted by molar-refractivity contribution is -0.870. The van der Waals surface area contributed by atoms with Crippen LogP contribution in [0.1, 0.15) is 277 Å². The molecule has 0 aromatic rings. The predicted octanol–water partition coefficient (Wildman–Crippen LogP) is 16.8. The van der Waals surface area contributed by atoms with Gasteiger partial charge in [-0.1, -0.05) is 263 Å². The second-order valence-corrected chi connectivity index (χ2v) is 22.1. The van der Waals surface area contributed by atoms with Gasteiger partial charge in [0.2, 0.25) is 5.91 Å². The van der Waals surface area contributed by atoms with Gasteiger partial charge in [-0.05, 0) is 32.1 Å². The van der Waals surface area contributed by atoms with Gasteiger partial charge in [0.25, 0.3) is 0 Å². The topological polar surface area (TPSA) is 105 Å². The Hall–Kier alpha value is -1.02. The molecular weight excluding hydrogens is 828 g/mol. The number of aliphatic hydroxyl groups excluding tert-OH is 1. The molecule has 0 aliphatic carbocycles. The molecule has 0 fully saturated rings. The van der Waals surface area contributed by atoms with Gasteiger partial charge in [-0.25, -0.2) is 4.57 Å². The molecular formula is C56H112N2O6P+. The van der Waals surface area contributed by atoms with Gasteiger partial charge < -0.3 is 19.8 Å². The number of carbonyl (C=O) groups is 1. The van der Waals surface area contributed by atoms with Crippen LogP contribution in [0.3, 0.4) is 0 Å². The fraction of sp³-hybridized carbons (Fsp3) is 0.911. The molecule has 386 valence electrons. The summed E-state index contributed by atoms with van der Waals surface area (Å²) >= 11 is 0. The summed E-state index contributed by atoms with van der Waals surface area (Å²) in [5.74, 6) is -0.185. The van der Waals surface area contributed by atoms with Crippen molar-refractivity contribution in [3.63, 3.8) is 0 Å². The number of rotatable bonds is 52. The highest BCUT2D eigenvalue weighted by Crippen LogP contribution is 2.43. The average Bonchev–Trinajstić information content (AvgIpc) is 3.26. The Labute approximate surface area is 404 Å². The Morgan fingerprint density at radius 2 is 0.846 bits per heavy atom. The fourth-order valence-corrected chi connectivity index (χ4v) is 9.21. The zero-order valence-corrected chi connectivity index (χ0v) is 44.9. The van der Waals surface area contributed by atoms with E-state index in [1.54, 1.807) is 6.08 Å². The van der Waals surface area contributed by atoms with E-state index in [0.717, 1.165) is 38.5 Å². The van der Waals surface area contributed by atoms with E-state index in [-0.39, 0.29) is 19.1 Å². The highest BCUT2D eigenvalue weighted by molar-refractivity contribution is 7.47. The second kappa shape index (κ2) is 48.0. The van der Waals surface area contributed by atoms with Crippen LogP contribution in [0.15, 0.2) is 24.3 Å². The van der Waals surface area contributed by atoms with Crippen molar-refractivity contribution < 1.29 is 32.9 Å². The maximum Gasteiger partial charge on any atom is 0.472 e. The maximum atomic E-state index is 12.9. The van der Waals surface area contributed by atoms with Crippen LogP contribution in [0.2, 0.25) is 0 Å². The molecule has 0 bridgehead atoms. The van der Waals surface area contributed by atoms with Crippen LogP contribution in [-0.2, 0) is 18.4 Å². The Bertz CT molecular complexity index is 1110. The van der Waals surface area contributed by atoms with Gasteiger partial charge in [-0.2, -0.15) is 0 Å². The molecule has 1 amide bonds. The Balaban J connectivity index is 3.85. The summed E-state index contributed by atoms with van der Waals surface area (Å²) < 4.78 is 23.5. The molecule has 0 aromatic carbocycles. The molecule has 0 aliphatic rings. The summed E-state index contributed by atoms with van der Waals surface area (Å²) in [7, 11) is 1.56. The van der Waals surface area contributed by atoms with E-state index in [4.69, 9.17) is 9.05 Å². The molecule has 0 rings (SSSR count). The first-order valence-electron chi connectivity index (χ1n) is 28.2. The second-order valence-electron chi connectivity index (χ2n) is 20.7. The highest BCUT2D eigenvalue weighted by atomic mass is 31.2. The van der Waals surface area contributed by atoms with Gasteiger partial charge in [0.05, 0.1) is 39.9 Å². The monoisotopic (exact) mass is 940 g/mol. The summed E-state index contributed by atoms with van der Waals surface area (Å²) in [5, 5.41) is 13.8. The fourth-order valence-electron chi connectivity index (χ4n) is 8.47. The van der Waals surface area contributed by atoms with Crippen molar-refractivity contribution in [1.82, 2.24) is 5.32 Å². The van der Waals surface area contributed by atoms with Gasteiger partial charge in [-0.3, -0.25) is 13.8 Å². The van der Waals surface area contributed by atoms with Gasteiger partial charge in [0.1, 0.15) is 13.2 Å². The molecule has 0 saturated heterocycles. The standard InChI is InChI=1S/C56H111N2O6P/c1-6-8-10-12-14-16-17-18-19-20-21-22-23-24-25-26-27-28-29-30-31-32-33-34-35-36-37-38-39-40-42-44-46-48-50-56(60)57-54(53-64-65(61,62)63-52-51-58(3,4)5)55(59)49-47-45-43-41-15-13-11-9-7-2/h15,41,47,49,54-55,59H,6-14,16-40,42-46,48,50-53H2,1-5H3,(H-,57,60,61,62)/p+1/b41-15+,49-47+. The average molecular weight is 940 g/mol. The first-order chi connectivity index (χ1) is 31.5. The number of hydrogen-bond acceptors (Lipinski definition) is 5. The molecule has 65 heavy (non-hydrogen) atoms. The molecule has 0 radical (unpaired) electrons. The summed E-state index contributed by atoms with van der Waals surface area (Å²) in [6.45, 7) is 4.77. The van der Waals surface area contributed by atoms with E-state index in [2.05, 4.69) is 31.3 Å². The number of phosphoric acid groups is 1. The highest BCUT2D eigenvalue weighted by Gasteiger charge is 2.27. The SMILES string of the molecule is CCCCC/C=C/CC/C=C/C(O)C(COP(=O)(O)OCC[N+](C)(C)C)NC(=O)CCCCCCCCCCCCCCCCCCCCCCCCCCCCCCCCCCCC. The minimum absolute atomic E-state index is 0.0580. The van der Waals surface area contributed by atoms with E-state index < -0.39 is 20.0 Å². The molecule has 3 N–H and O–H groups in total. The number of hydrogen-bond donors (Lipinski definition) is 3. The van der Waals surface area contributed by atoms with Crippen molar-refractivity contribution in [2.24, 2.45) is 0 Å². The number of aliphatic hydroxyl groups is 1. The van der Waals surface area contributed by atoms with Crippen LogP contribution in [0.5, 0.6) is 0 Å². The van der Waals surface area contributed by atoms with Crippen LogP contribution >= 0.6 is 7.82 Å². The smallest absolute Gasteiger partial charge is 0.387 e. The first-order valence-corrected chi connectivity index (χ1v) is 29.7. The molecule has 3 unspecified atom stereocenters. The number of likely N-dealkylation sites (N-methyl/N-ethyl adjacent to an activating group) is 1. The van der Waals surface area contributed by atoms with Gasteiger partial charge in [-0.15, -0.1) is 0 Å². The van der Waals surface area contributed by atoms with Gasteiger partial charge in [0.15, 0.2) is 0 Å². The van der Waals surface area contributed by atoms with Crippen molar-refractivity contribution in [3.8, 4) is 0 Å². The molecule has 0 aromatic heterocycles. The van der Waals surface area contributed by atoms with E-state index >= 15 is 0 Å². The summed E-state index contributed by atoms with van der Waals surface area (Å²) in [4.78, 5) is 23.1. The number of nitrogens with zero attached hydrogens (tertiary/aromatic N) is 1. The Morgan fingerprint density at radius 1 is 0.508 bits per heavy atom. The number of quaternary nitrogens is 1. The summed E-state index contributed by atoms with van der Waals surface area (Å²) in [5.41, 5.74) is 0. The number of unbranched alkanes of at least 4 members (excludes halogenated alkanes) is 37. The number of phosphoric ester groups is 1. The molecule has 9 heteroatoms. The van der Waals surface area contributed by atoms with Crippen LogP contribution in [0, 0.1) is 0 Å². The molecule has 0 heterocycles. The first kappa shape index (κ1) is 64.0.